The molecule has 2 rings (SSSR count). The van der Waals surface area contributed by atoms with E-state index in [9.17, 15) is 14.4 Å². The molecule has 7 heteroatoms. The summed E-state index contributed by atoms with van der Waals surface area (Å²) < 4.78 is 0. The molecule has 112 valence electrons. The highest BCUT2D eigenvalue weighted by Gasteiger charge is 2.29. The summed E-state index contributed by atoms with van der Waals surface area (Å²) in [5.41, 5.74) is 5.92. The van der Waals surface area contributed by atoms with Crippen molar-refractivity contribution < 1.29 is 14.4 Å². The zero-order valence-electron chi connectivity index (χ0n) is 11.9. The van der Waals surface area contributed by atoms with E-state index in [1.165, 1.54) is 28.6 Å². The third-order valence-electron chi connectivity index (χ3n) is 3.49. The second-order valence-electron chi connectivity index (χ2n) is 4.82. The summed E-state index contributed by atoms with van der Waals surface area (Å²) in [4.78, 5) is 39.1. The first-order valence-corrected chi connectivity index (χ1v) is 7.47. The molecule has 0 fully saturated rings. The molecule has 2 N–H and O–H groups in total. The summed E-state index contributed by atoms with van der Waals surface area (Å²) in [6.45, 7) is 1.46. The largest absolute Gasteiger partial charge is 0.368 e. The lowest BCUT2D eigenvalue weighted by molar-refractivity contribution is -0.136. The lowest BCUT2D eigenvalue weighted by atomic mass is 10.2. The SMILES string of the molecule is C[C@H](C(N)=O)N(C)C(=O)CN1C(=O)CSc2ccccc21. The highest BCUT2D eigenvalue weighted by molar-refractivity contribution is 8.00. The van der Waals surface area contributed by atoms with Crippen LogP contribution in [0.15, 0.2) is 29.2 Å². The van der Waals surface area contributed by atoms with Gasteiger partial charge in [-0.05, 0) is 19.1 Å². The maximum Gasteiger partial charge on any atom is 0.243 e. The Morgan fingerprint density at radius 2 is 2.10 bits per heavy atom. The number of likely N-dealkylation sites (N-methyl/N-ethyl adjacent to an activating group) is 1. The fraction of sp³-hybridized carbons (Fsp3) is 0.357. The van der Waals surface area contributed by atoms with Crippen LogP contribution in [-0.4, -0.2) is 48.0 Å². The molecule has 0 bridgehead atoms. The lowest BCUT2D eigenvalue weighted by Gasteiger charge is -2.31. The molecular formula is C14H17N3O3S. The smallest absolute Gasteiger partial charge is 0.243 e. The molecular weight excluding hydrogens is 290 g/mol. The summed E-state index contributed by atoms with van der Waals surface area (Å²) in [5.74, 6) is -0.713. The number of benzene rings is 1. The molecule has 6 nitrogen and oxygen atoms in total. The van der Waals surface area contributed by atoms with Crippen LogP contribution in [0.1, 0.15) is 6.92 Å². The molecule has 0 unspecified atom stereocenters. The normalized spacial score (nSPS) is 15.3. The standard InChI is InChI=1S/C14H17N3O3S/c1-9(14(15)20)16(2)12(18)7-17-10-5-3-4-6-11(10)21-8-13(17)19/h3-6,9H,7-8H2,1-2H3,(H2,15,20)/t9-/m1/s1. The van der Waals surface area contributed by atoms with E-state index < -0.39 is 11.9 Å². The van der Waals surface area contributed by atoms with E-state index in [0.717, 1.165) is 10.6 Å². The van der Waals surface area contributed by atoms with Crippen LogP contribution >= 0.6 is 11.8 Å². The molecule has 0 aromatic heterocycles. The predicted molar refractivity (Wildman–Crippen MR) is 80.9 cm³/mol. The van der Waals surface area contributed by atoms with Crippen molar-refractivity contribution in [3.05, 3.63) is 24.3 Å². The number of primary amides is 1. The highest BCUT2D eigenvalue weighted by Crippen LogP contribution is 2.34. The zero-order chi connectivity index (χ0) is 15.6. The zero-order valence-corrected chi connectivity index (χ0v) is 12.7. The summed E-state index contributed by atoms with van der Waals surface area (Å²) >= 11 is 1.46. The first-order chi connectivity index (χ1) is 9.91. The average Bonchev–Trinajstić information content (AvgIpc) is 2.48. The molecule has 1 aliphatic heterocycles. The van der Waals surface area contributed by atoms with Gasteiger partial charge >= 0.3 is 0 Å². The quantitative estimate of drug-likeness (QED) is 0.876. The average molecular weight is 307 g/mol. The molecule has 0 saturated carbocycles. The van der Waals surface area contributed by atoms with Crippen LogP contribution in [0.4, 0.5) is 5.69 Å². The molecule has 0 radical (unpaired) electrons. The van der Waals surface area contributed by atoms with E-state index in [1.54, 1.807) is 6.92 Å². The minimum Gasteiger partial charge on any atom is -0.368 e. The maximum atomic E-state index is 12.2. The van der Waals surface area contributed by atoms with Gasteiger partial charge in [-0.1, -0.05) is 12.1 Å². The first kappa shape index (κ1) is 15.4. The molecule has 21 heavy (non-hydrogen) atoms. The fourth-order valence-electron chi connectivity index (χ4n) is 1.98. The number of nitrogens with zero attached hydrogens (tertiary/aromatic N) is 2. The summed E-state index contributed by atoms with van der Waals surface area (Å²) in [6.07, 6.45) is 0. The second kappa shape index (κ2) is 6.17. The molecule has 0 saturated heterocycles. The topological polar surface area (TPSA) is 83.7 Å². The van der Waals surface area contributed by atoms with Gasteiger partial charge in [-0.2, -0.15) is 0 Å². The maximum absolute atomic E-state index is 12.2. The van der Waals surface area contributed by atoms with Crippen molar-refractivity contribution in [3.63, 3.8) is 0 Å². The van der Waals surface area contributed by atoms with Crippen LogP contribution < -0.4 is 10.6 Å². The first-order valence-electron chi connectivity index (χ1n) is 6.49. The van der Waals surface area contributed by atoms with E-state index in [2.05, 4.69) is 0 Å². The Hall–Kier alpha value is -2.02. The third-order valence-corrected chi connectivity index (χ3v) is 4.54. The molecule has 0 aliphatic carbocycles. The van der Waals surface area contributed by atoms with Crippen molar-refractivity contribution in [2.24, 2.45) is 5.73 Å². The Bertz CT molecular complexity index is 591. The second-order valence-corrected chi connectivity index (χ2v) is 5.84. The van der Waals surface area contributed by atoms with Crippen molar-refractivity contribution in [1.82, 2.24) is 4.90 Å². The Labute approximate surface area is 127 Å². The summed E-state index contributed by atoms with van der Waals surface area (Å²) in [5, 5.41) is 0. The fourth-order valence-corrected chi connectivity index (χ4v) is 2.92. The lowest BCUT2D eigenvalue weighted by Crippen LogP contribution is -2.49. The van der Waals surface area contributed by atoms with Crippen molar-refractivity contribution in [2.75, 3.05) is 24.2 Å². The monoisotopic (exact) mass is 307 g/mol. The number of rotatable bonds is 4. The number of anilines is 1. The third kappa shape index (κ3) is 3.18. The van der Waals surface area contributed by atoms with Gasteiger partial charge in [0.05, 0.1) is 11.4 Å². The number of fused-ring (bicyclic) bond motifs is 1. The van der Waals surface area contributed by atoms with Crippen LogP contribution in [0.25, 0.3) is 0 Å². The van der Waals surface area contributed by atoms with E-state index >= 15 is 0 Å². The van der Waals surface area contributed by atoms with Gasteiger partial charge < -0.3 is 15.5 Å². The minimum atomic E-state index is -0.706. The van der Waals surface area contributed by atoms with Crippen molar-refractivity contribution in [1.29, 1.82) is 0 Å². The minimum absolute atomic E-state index is 0.0927. The summed E-state index contributed by atoms with van der Waals surface area (Å²) in [6, 6.07) is 6.74. The number of para-hydroxylation sites is 1. The van der Waals surface area contributed by atoms with E-state index in [1.807, 2.05) is 24.3 Å². The van der Waals surface area contributed by atoms with E-state index in [-0.39, 0.29) is 18.4 Å². The van der Waals surface area contributed by atoms with E-state index in [4.69, 9.17) is 5.73 Å². The number of amides is 3. The number of hydrogen-bond donors (Lipinski definition) is 1. The van der Waals surface area contributed by atoms with Crippen LogP contribution in [-0.2, 0) is 14.4 Å². The Morgan fingerprint density at radius 3 is 2.76 bits per heavy atom. The van der Waals surface area contributed by atoms with Gasteiger partial charge in [0.15, 0.2) is 0 Å². The van der Waals surface area contributed by atoms with Gasteiger partial charge in [0.1, 0.15) is 12.6 Å². The number of carbonyl (C=O) groups excluding carboxylic acids is 3. The number of nitrogens with two attached hydrogens (primary N) is 1. The number of hydrogen-bond acceptors (Lipinski definition) is 4. The Balaban J connectivity index is 2.17. The van der Waals surface area contributed by atoms with Crippen molar-refractivity contribution >= 4 is 35.2 Å². The molecule has 1 aliphatic rings. The number of thioether (sulfide) groups is 1. The van der Waals surface area contributed by atoms with Gasteiger partial charge in [0.25, 0.3) is 0 Å². The molecule has 1 aromatic carbocycles. The molecule has 1 atom stereocenters. The van der Waals surface area contributed by atoms with Gasteiger partial charge in [-0.25, -0.2) is 0 Å². The van der Waals surface area contributed by atoms with Gasteiger partial charge in [0.2, 0.25) is 17.7 Å². The van der Waals surface area contributed by atoms with Crippen LogP contribution in [0.2, 0.25) is 0 Å². The van der Waals surface area contributed by atoms with Crippen molar-refractivity contribution in [2.45, 2.75) is 17.9 Å². The van der Waals surface area contributed by atoms with Gasteiger partial charge in [0, 0.05) is 11.9 Å². The Kier molecular flexibility index (Phi) is 4.52. The van der Waals surface area contributed by atoms with Crippen LogP contribution in [0, 0.1) is 0 Å². The predicted octanol–water partition coefficient (Wildman–Crippen LogP) is 0.458. The van der Waals surface area contributed by atoms with Gasteiger partial charge in [-0.15, -0.1) is 11.8 Å². The Morgan fingerprint density at radius 1 is 1.43 bits per heavy atom. The van der Waals surface area contributed by atoms with Crippen LogP contribution in [0.3, 0.4) is 0 Å². The molecule has 1 aromatic rings. The van der Waals surface area contributed by atoms with Gasteiger partial charge in [-0.3, -0.25) is 14.4 Å². The van der Waals surface area contributed by atoms with Crippen LogP contribution in [0.5, 0.6) is 0 Å². The highest BCUT2D eigenvalue weighted by atomic mass is 32.2. The molecule has 0 spiro atoms. The molecule has 1 heterocycles. The van der Waals surface area contributed by atoms with E-state index in [0.29, 0.717) is 5.75 Å². The number of carbonyl (C=O) groups is 3. The summed E-state index contributed by atoms with van der Waals surface area (Å²) in [7, 11) is 1.51. The molecule has 3 amide bonds. The van der Waals surface area contributed by atoms with Crippen molar-refractivity contribution in [3.8, 4) is 0 Å².